The number of thiophene rings is 1. The van der Waals surface area contributed by atoms with Crippen molar-refractivity contribution in [3.8, 4) is 33.4 Å². The fourth-order valence-electron chi connectivity index (χ4n) is 11.8. The maximum Gasteiger partial charge on any atom is 0.0467 e. The molecular formula is C56H45NS. The maximum absolute atomic E-state index is 2.49. The third kappa shape index (κ3) is 5.72. The predicted molar refractivity (Wildman–Crippen MR) is 248 cm³/mol. The van der Waals surface area contributed by atoms with Crippen LogP contribution in [0.2, 0.25) is 0 Å². The van der Waals surface area contributed by atoms with Crippen molar-refractivity contribution in [2.75, 3.05) is 4.90 Å². The first-order valence-electron chi connectivity index (χ1n) is 21.2. The summed E-state index contributed by atoms with van der Waals surface area (Å²) >= 11 is 1.89. The molecular weight excluding hydrogens is 719 g/mol. The Morgan fingerprint density at radius 2 is 0.966 bits per heavy atom. The summed E-state index contributed by atoms with van der Waals surface area (Å²) in [4.78, 5) is 2.47. The number of nitrogens with zero attached hydrogens (tertiary/aromatic N) is 1. The Hall–Kier alpha value is -5.96. The van der Waals surface area contributed by atoms with Crippen molar-refractivity contribution >= 4 is 59.3 Å². The number of hydrogen-bond acceptors (Lipinski definition) is 2. The minimum absolute atomic E-state index is 0.377. The van der Waals surface area contributed by atoms with Crippen molar-refractivity contribution in [1.29, 1.82) is 0 Å². The molecule has 4 aliphatic rings. The van der Waals surface area contributed by atoms with Crippen LogP contribution >= 0.6 is 11.3 Å². The molecule has 0 amide bonds. The van der Waals surface area contributed by atoms with Gasteiger partial charge in [0, 0.05) is 37.2 Å². The van der Waals surface area contributed by atoms with Crippen LogP contribution in [-0.2, 0) is 5.41 Å². The summed E-state index contributed by atoms with van der Waals surface area (Å²) in [7, 11) is 0. The lowest BCUT2D eigenvalue weighted by Crippen LogP contribution is -2.48. The zero-order chi connectivity index (χ0) is 38.2. The van der Waals surface area contributed by atoms with Crippen LogP contribution in [0.3, 0.4) is 0 Å². The number of benzene rings is 8. The van der Waals surface area contributed by atoms with Gasteiger partial charge < -0.3 is 4.90 Å². The van der Waals surface area contributed by atoms with Crippen LogP contribution in [0.4, 0.5) is 17.1 Å². The molecule has 13 rings (SSSR count). The third-order valence-electron chi connectivity index (χ3n) is 14.0. The summed E-state index contributed by atoms with van der Waals surface area (Å²) < 4.78 is 2.68. The summed E-state index contributed by atoms with van der Waals surface area (Å²) in [6.45, 7) is 0. The lowest BCUT2D eigenvalue weighted by Gasteiger charge is -2.57. The van der Waals surface area contributed by atoms with Gasteiger partial charge >= 0.3 is 0 Å². The van der Waals surface area contributed by atoms with Crippen molar-refractivity contribution < 1.29 is 0 Å². The second-order valence-corrected chi connectivity index (χ2v) is 18.6. The molecule has 0 atom stereocenters. The molecule has 1 heterocycles. The fourth-order valence-corrected chi connectivity index (χ4v) is 13.0. The highest BCUT2D eigenvalue weighted by Crippen LogP contribution is 2.61. The highest BCUT2D eigenvalue weighted by atomic mass is 32.1. The molecule has 1 nitrogen and oxygen atoms in total. The first-order valence-corrected chi connectivity index (χ1v) is 22.1. The van der Waals surface area contributed by atoms with Gasteiger partial charge in [-0.3, -0.25) is 0 Å². The van der Waals surface area contributed by atoms with Crippen molar-refractivity contribution in [1.82, 2.24) is 0 Å². The molecule has 0 N–H and O–H groups in total. The Morgan fingerprint density at radius 3 is 1.67 bits per heavy atom. The SMILES string of the molecule is c1ccc(-c2cccc3cccc(-c4ccc(N(c5ccc(C67CC8CC(CC(C8)C6)C7)cc5)c5cccc(-c6ccc7c(c6)sc6ccccc67)c5)cc4)c23)cc1. The molecule has 58 heavy (non-hydrogen) atoms. The molecule has 0 radical (unpaired) electrons. The first-order chi connectivity index (χ1) is 28.6. The first kappa shape index (κ1) is 34.1. The summed E-state index contributed by atoms with van der Waals surface area (Å²) in [6, 6.07) is 68.2. The summed E-state index contributed by atoms with van der Waals surface area (Å²) in [6.07, 6.45) is 8.57. The van der Waals surface area contributed by atoms with E-state index in [1.54, 1.807) is 5.56 Å². The lowest BCUT2D eigenvalue weighted by molar-refractivity contribution is -0.00518. The average Bonchev–Trinajstić information content (AvgIpc) is 3.65. The number of anilines is 3. The summed E-state index contributed by atoms with van der Waals surface area (Å²) in [5, 5.41) is 5.23. The van der Waals surface area contributed by atoms with E-state index in [2.05, 4.69) is 187 Å². The Morgan fingerprint density at radius 1 is 0.414 bits per heavy atom. The molecule has 4 bridgehead atoms. The van der Waals surface area contributed by atoms with Gasteiger partial charge in [-0.1, -0.05) is 133 Å². The molecule has 0 saturated heterocycles. The van der Waals surface area contributed by atoms with Gasteiger partial charge in [0.25, 0.3) is 0 Å². The van der Waals surface area contributed by atoms with Crippen LogP contribution < -0.4 is 4.90 Å². The van der Waals surface area contributed by atoms with E-state index in [4.69, 9.17) is 0 Å². The van der Waals surface area contributed by atoms with Gasteiger partial charge in [-0.05, 0) is 160 Å². The standard InChI is InChI=1S/C56H45NS/c1-2-9-40(10-3-1)49-16-7-11-42-12-8-17-50(55(42)49)41-19-24-46(25-20-41)57(47-26-22-45(23-27-47)56-34-37-29-38(35-56)31-39(30-37)36-56)48-14-6-13-43(32-48)44-21-28-52-51-15-4-5-18-53(51)58-54(52)33-44/h1-28,32-33,37-39H,29-31,34-36H2. The summed E-state index contributed by atoms with van der Waals surface area (Å²) in [5.41, 5.74) is 12.9. The molecule has 4 aliphatic carbocycles. The molecule has 1 aromatic heterocycles. The van der Waals surface area contributed by atoms with Crippen molar-refractivity contribution in [3.63, 3.8) is 0 Å². The minimum Gasteiger partial charge on any atom is -0.310 e. The molecule has 4 fully saturated rings. The highest BCUT2D eigenvalue weighted by Gasteiger charge is 2.51. The van der Waals surface area contributed by atoms with Gasteiger partial charge in [0.05, 0.1) is 0 Å². The zero-order valence-corrected chi connectivity index (χ0v) is 33.5. The van der Waals surface area contributed by atoms with Gasteiger partial charge in [0.1, 0.15) is 0 Å². The predicted octanol–water partition coefficient (Wildman–Crippen LogP) is 16.1. The van der Waals surface area contributed by atoms with Crippen LogP contribution in [0.5, 0.6) is 0 Å². The average molecular weight is 764 g/mol. The zero-order valence-electron chi connectivity index (χ0n) is 32.7. The second kappa shape index (κ2) is 13.6. The van der Waals surface area contributed by atoms with E-state index < -0.39 is 0 Å². The van der Waals surface area contributed by atoms with Gasteiger partial charge in [-0.15, -0.1) is 11.3 Å². The molecule has 280 valence electrons. The Kier molecular flexibility index (Phi) is 7.98. The van der Waals surface area contributed by atoms with Crippen LogP contribution in [0, 0.1) is 17.8 Å². The Bertz CT molecular complexity index is 2930. The number of hydrogen-bond donors (Lipinski definition) is 0. The second-order valence-electron chi connectivity index (χ2n) is 17.6. The van der Waals surface area contributed by atoms with Crippen LogP contribution in [-0.4, -0.2) is 0 Å². The highest BCUT2D eigenvalue weighted by molar-refractivity contribution is 7.25. The van der Waals surface area contributed by atoms with E-state index in [1.807, 2.05) is 11.3 Å². The quantitative estimate of drug-likeness (QED) is 0.156. The van der Waals surface area contributed by atoms with Crippen LogP contribution in [0.1, 0.15) is 44.1 Å². The molecule has 8 aromatic carbocycles. The molecule has 0 spiro atoms. The van der Waals surface area contributed by atoms with Crippen LogP contribution in [0.25, 0.3) is 64.3 Å². The van der Waals surface area contributed by atoms with E-state index in [1.165, 1.54) is 114 Å². The molecule has 2 heteroatoms. The van der Waals surface area contributed by atoms with E-state index in [0.29, 0.717) is 5.41 Å². The Balaban J connectivity index is 0.955. The van der Waals surface area contributed by atoms with E-state index in [0.717, 1.165) is 23.4 Å². The number of fused-ring (bicyclic) bond motifs is 4. The van der Waals surface area contributed by atoms with Gasteiger partial charge in [0.15, 0.2) is 0 Å². The van der Waals surface area contributed by atoms with Crippen LogP contribution in [0.15, 0.2) is 182 Å². The molecule has 0 unspecified atom stereocenters. The van der Waals surface area contributed by atoms with Crippen molar-refractivity contribution in [2.24, 2.45) is 17.8 Å². The van der Waals surface area contributed by atoms with Crippen molar-refractivity contribution in [3.05, 3.63) is 188 Å². The van der Waals surface area contributed by atoms with E-state index >= 15 is 0 Å². The minimum atomic E-state index is 0.377. The van der Waals surface area contributed by atoms with Gasteiger partial charge in [-0.2, -0.15) is 0 Å². The van der Waals surface area contributed by atoms with E-state index in [-0.39, 0.29) is 0 Å². The van der Waals surface area contributed by atoms with Crippen molar-refractivity contribution in [2.45, 2.75) is 43.9 Å². The fraction of sp³-hybridized carbons (Fsp3) is 0.179. The number of rotatable bonds is 7. The van der Waals surface area contributed by atoms with Gasteiger partial charge in [0.2, 0.25) is 0 Å². The van der Waals surface area contributed by atoms with Gasteiger partial charge in [-0.25, -0.2) is 0 Å². The largest absolute Gasteiger partial charge is 0.310 e. The maximum atomic E-state index is 2.49. The third-order valence-corrected chi connectivity index (χ3v) is 15.2. The molecule has 9 aromatic rings. The molecule has 0 aliphatic heterocycles. The summed E-state index contributed by atoms with van der Waals surface area (Å²) in [5.74, 6) is 2.79. The monoisotopic (exact) mass is 763 g/mol. The Labute approximate surface area is 345 Å². The normalized spacial score (nSPS) is 20.9. The lowest BCUT2D eigenvalue weighted by atomic mass is 9.48. The van der Waals surface area contributed by atoms with E-state index in [9.17, 15) is 0 Å². The topological polar surface area (TPSA) is 3.24 Å². The molecule has 4 saturated carbocycles. The smallest absolute Gasteiger partial charge is 0.0467 e.